The second-order valence-corrected chi connectivity index (χ2v) is 8.07. The van der Waals surface area contributed by atoms with Crippen LogP contribution < -0.4 is 25.4 Å². The molecule has 9 nitrogen and oxygen atoms in total. The Balaban J connectivity index is 1.16. The van der Waals surface area contributed by atoms with Crippen molar-refractivity contribution in [1.82, 2.24) is 20.5 Å². The largest absolute Gasteiger partial charge is 0.454 e. The number of anilines is 1. The number of nitrogens with one attached hydrogen (secondary N) is 3. The zero-order chi connectivity index (χ0) is 22.2. The summed E-state index contributed by atoms with van der Waals surface area (Å²) >= 11 is 5.34. The van der Waals surface area contributed by atoms with Gasteiger partial charge >= 0.3 is 0 Å². The summed E-state index contributed by atoms with van der Waals surface area (Å²) in [5.41, 5.74) is 1.26. The summed E-state index contributed by atoms with van der Waals surface area (Å²) in [6, 6.07) is 7.73. The molecule has 0 unspecified atom stereocenters. The highest BCUT2D eigenvalue weighted by Crippen LogP contribution is 2.36. The van der Waals surface area contributed by atoms with E-state index in [0.717, 1.165) is 69.7 Å². The number of ether oxygens (including phenoxy) is 3. The molecule has 0 amide bonds. The van der Waals surface area contributed by atoms with Crippen molar-refractivity contribution in [2.45, 2.75) is 12.8 Å². The number of benzene rings is 1. The Morgan fingerprint density at radius 1 is 1.06 bits per heavy atom. The lowest BCUT2D eigenvalue weighted by Crippen LogP contribution is -2.40. The molecule has 1 aromatic carbocycles. The second-order valence-electron chi connectivity index (χ2n) is 7.67. The molecule has 0 aliphatic carbocycles. The van der Waals surface area contributed by atoms with E-state index < -0.39 is 0 Å². The van der Waals surface area contributed by atoms with Crippen molar-refractivity contribution in [2.24, 2.45) is 0 Å². The molecule has 4 rings (SSSR count). The van der Waals surface area contributed by atoms with Crippen molar-refractivity contribution in [2.75, 3.05) is 64.6 Å². The Bertz CT molecular complexity index is 990. The summed E-state index contributed by atoms with van der Waals surface area (Å²) in [5.74, 6) is 1.93. The highest BCUT2D eigenvalue weighted by Gasteiger charge is 2.16. The summed E-state index contributed by atoms with van der Waals surface area (Å²) < 4.78 is 16.2. The van der Waals surface area contributed by atoms with Crippen molar-refractivity contribution in [3.8, 4) is 17.6 Å². The van der Waals surface area contributed by atoms with Crippen LogP contribution >= 0.6 is 12.2 Å². The number of aromatic nitrogens is 1. The minimum atomic E-state index is 0.208. The third kappa shape index (κ3) is 5.88. The lowest BCUT2D eigenvalue weighted by atomic mass is 10.1. The molecular formula is C22H28N6O3S. The molecule has 2 aliphatic rings. The monoisotopic (exact) mass is 456 g/mol. The maximum atomic E-state index is 9.50. The van der Waals surface area contributed by atoms with E-state index in [1.807, 2.05) is 18.2 Å². The average molecular weight is 457 g/mol. The van der Waals surface area contributed by atoms with E-state index >= 15 is 0 Å². The summed E-state index contributed by atoms with van der Waals surface area (Å²) in [7, 11) is 0. The SMILES string of the molecule is N#Cc1cc2cc3c(cc2nc1NCCCNC(=S)NCCCN1CCOCC1)OCO3. The Labute approximate surface area is 193 Å². The van der Waals surface area contributed by atoms with Crippen molar-refractivity contribution in [3.63, 3.8) is 0 Å². The van der Waals surface area contributed by atoms with Gasteiger partial charge in [-0.15, -0.1) is 0 Å². The van der Waals surface area contributed by atoms with E-state index in [2.05, 4.69) is 31.9 Å². The van der Waals surface area contributed by atoms with Gasteiger partial charge in [-0.25, -0.2) is 4.98 Å². The molecule has 0 saturated carbocycles. The Morgan fingerprint density at radius 2 is 1.81 bits per heavy atom. The molecule has 1 saturated heterocycles. The van der Waals surface area contributed by atoms with Crippen LogP contribution in [0.15, 0.2) is 18.2 Å². The molecule has 2 aliphatic heterocycles. The molecule has 3 N–H and O–H groups in total. The van der Waals surface area contributed by atoms with Crippen LogP contribution in [0.3, 0.4) is 0 Å². The van der Waals surface area contributed by atoms with Crippen LogP contribution in [0.4, 0.5) is 5.82 Å². The third-order valence-corrected chi connectivity index (χ3v) is 5.69. The van der Waals surface area contributed by atoms with Gasteiger partial charge in [-0.2, -0.15) is 5.26 Å². The number of nitrogens with zero attached hydrogens (tertiary/aromatic N) is 3. The van der Waals surface area contributed by atoms with Crippen LogP contribution in [0, 0.1) is 11.3 Å². The van der Waals surface area contributed by atoms with Crippen molar-refractivity contribution < 1.29 is 14.2 Å². The maximum absolute atomic E-state index is 9.50. The van der Waals surface area contributed by atoms with Crippen LogP contribution in [0.2, 0.25) is 0 Å². The molecule has 0 bridgehead atoms. The number of rotatable bonds is 9. The van der Waals surface area contributed by atoms with Crippen LogP contribution in [0.1, 0.15) is 18.4 Å². The van der Waals surface area contributed by atoms with E-state index in [1.54, 1.807) is 0 Å². The summed E-state index contributed by atoms with van der Waals surface area (Å²) in [5, 5.41) is 20.8. The number of fused-ring (bicyclic) bond motifs is 2. The first kappa shape index (κ1) is 22.3. The Kier molecular flexibility index (Phi) is 7.77. The Morgan fingerprint density at radius 3 is 2.59 bits per heavy atom. The molecule has 0 spiro atoms. The molecule has 1 fully saturated rings. The third-order valence-electron chi connectivity index (χ3n) is 5.40. The minimum Gasteiger partial charge on any atom is -0.454 e. The van der Waals surface area contributed by atoms with Crippen molar-refractivity contribution in [3.05, 3.63) is 23.8 Å². The highest BCUT2D eigenvalue weighted by molar-refractivity contribution is 7.80. The van der Waals surface area contributed by atoms with E-state index in [0.29, 0.717) is 34.5 Å². The molecule has 170 valence electrons. The van der Waals surface area contributed by atoms with E-state index in [9.17, 15) is 5.26 Å². The van der Waals surface area contributed by atoms with Gasteiger partial charge in [-0.05, 0) is 43.7 Å². The molecular weight excluding hydrogens is 428 g/mol. The predicted molar refractivity (Wildman–Crippen MR) is 126 cm³/mol. The van der Waals surface area contributed by atoms with E-state index in [4.69, 9.17) is 26.4 Å². The molecule has 32 heavy (non-hydrogen) atoms. The van der Waals surface area contributed by atoms with Gasteiger partial charge in [-0.3, -0.25) is 4.90 Å². The van der Waals surface area contributed by atoms with Crippen molar-refractivity contribution >= 4 is 34.1 Å². The predicted octanol–water partition coefficient (Wildman–Crippen LogP) is 1.82. The van der Waals surface area contributed by atoms with E-state index in [1.165, 1.54) is 0 Å². The summed E-state index contributed by atoms with van der Waals surface area (Å²) in [4.78, 5) is 7.02. The molecule has 2 aromatic rings. The quantitative estimate of drug-likeness (QED) is 0.382. The normalized spacial score (nSPS) is 15.3. The number of morpholine rings is 1. The van der Waals surface area contributed by atoms with Crippen molar-refractivity contribution in [1.29, 1.82) is 5.26 Å². The zero-order valence-corrected chi connectivity index (χ0v) is 18.8. The van der Waals surface area contributed by atoms with Gasteiger partial charge in [0.1, 0.15) is 11.9 Å². The van der Waals surface area contributed by atoms with Gasteiger partial charge in [0.2, 0.25) is 6.79 Å². The zero-order valence-electron chi connectivity index (χ0n) is 18.0. The topological polar surface area (TPSA) is 104 Å². The molecule has 3 heterocycles. The van der Waals surface area contributed by atoms with Gasteiger partial charge in [0.25, 0.3) is 0 Å². The van der Waals surface area contributed by atoms with Crippen LogP contribution in [0.25, 0.3) is 10.9 Å². The average Bonchev–Trinajstić information content (AvgIpc) is 3.27. The number of hydrogen-bond donors (Lipinski definition) is 3. The fourth-order valence-electron chi connectivity index (χ4n) is 3.67. The fourth-order valence-corrected chi connectivity index (χ4v) is 3.88. The summed E-state index contributed by atoms with van der Waals surface area (Å²) in [6.45, 7) is 7.21. The maximum Gasteiger partial charge on any atom is 0.231 e. The van der Waals surface area contributed by atoms with Gasteiger partial charge < -0.3 is 30.2 Å². The number of hydrogen-bond acceptors (Lipinski definition) is 8. The van der Waals surface area contributed by atoms with Crippen LogP contribution in [-0.4, -0.2) is 74.3 Å². The van der Waals surface area contributed by atoms with Gasteiger partial charge in [0, 0.05) is 44.2 Å². The Hall–Kier alpha value is -2.87. The second kappa shape index (κ2) is 11.1. The molecule has 0 atom stereocenters. The molecule has 1 aromatic heterocycles. The van der Waals surface area contributed by atoms with Gasteiger partial charge in [0.05, 0.1) is 24.3 Å². The number of thiocarbonyl (C=S) groups is 1. The highest BCUT2D eigenvalue weighted by atomic mass is 32.1. The summed E-state index contributed by atoms with van der Waals surface area (Å²) in [6.07, 6.45) is 1.88. The minimum absolute atomic E-state index is 0.208. The van der Waals surface area contributed by atoms with Gasteiger partial charge in [-0.1, -0.05) is 0 Å². The fraction of sp³-hybridized carbons (Fsp3) is 0.500. The first-order valence-electron chi connectivity index (χ1n) is 10.9. The van der Waals surface area contributed by atoms with E-state index in [-0.39, 0.29) is 6.79 Å². The van der Waals surface area contributed by atoms with Crippen LogP contribution in [-0.2, 0) is 4.74 Å². The number of pyridine rings is 1. The molecule has 10 heteroatoms. The standard InChI is InChI=1S/C22H28N6O3S/c23-14-17-11-16-12-19-20(31-15-30-19)13-18(16)27-21(17)24-3-1-4-25-22(32)26-5-2-6-28-7-9-29-10-8-28/h11-13H,1-10,15H2,(H,24,27)(H2,25,26,32). The van der Waals surface area contributed by atoms with Gasteiger partial charge in [0.15, 0.2) is 16.6 Å². The number of nitriles is 1. The first-order valence-corrected chi connectivity index (χ1v) is 11.3. The molecule has 0 radical (unpaired) electrons. The smallest absolute Gasteiger partial charge is 0.231 e. The lowest BCUT2D eigenvalue weighted by Gasteiger charge is -2.26. The first-order chi connectivity index (χ1) is 15.7. The lowest BCUT2D eigenvalue weighted by molar-refractivity contribution is 0.0376. The van der Waals surface area contributed by atoms with Crippen LogP contribution in [0.5, 0.6) is 11.5 Å².